The van der Waals surface area contributed by atoms with Gasteiger partial charge in [-0.05, 0) is 52.3 Å². The second kappa shape index (κ2) is 9.27. The van der Waals surface area contributed by atoms with E-state index in [9.17, 15) is 9.59 Å². The van der Waals surface area contributed by atoms with Crippen LogP contribution in [0.2, 0.25) is 5.02 Å². The van der Waals surface area contributed by atoms with Crippen LogP contribution in [0.15, 0.2) is 23.0 Å². The van der Waals surface area contributed by atoms with Gasteiger partial charge in [0.05, 0.1) is 22.4 Å². The van der Waals surface area contributed by atoms with Crippen molar-refractivity contribution >= 4 is 40.0 Å². The van der Waals surface area contributed by atoms with Crippen molar-refractivity contribution in [3.63, 3.8) is 0 Å². The minimum Gasteiger partial charge on any atom is -0.332 e. The van der Waals surface area contributed by atoms with Crippen molar-refractivity contribution in [3.05, 3.63) is 39.4 Å². The summed E-state index contributed by atoms with van der Waals surface area (Å²) in [5.74, 6) is 0.756. The highest BCUT2D eigenvalue weighted by atomic mass is 35.5. The van der Waals surface area contributed by atoms with Gasteiger partial charge in [-0.25, -0.2) is 4.98 Å². The first kappa shape index (κ1) is 22.7. The minimum absolute atomic E-state index is 0.0356. The third-order valence-electron chi connectivity index (χ3n) is 5.03. The van der Waals surface area contributed by atoms with Crippen LogP contribution in [0.25, 0.3) is 10.9 Å². The van der Waals surface area contributed by atoms with Gasteiger partial charge >= 0.3 is 0 Å². The number of benzene rings is 1. The molecule has 7 heteroatoms. The molecule has 1 atom stereocenters. The van der Waals surface area contributed by atoms with Crippen molar-refractivity contribution in [1.82, 2.24) is 14.5 Å². The van der Waals surface area contributed by atoms with E-state index in [-0.39, 0.29) is 23.4 Å². The van der Waals surface area contributed by atoms with Gasteiger partial charge in [-0.15, -0.1) is 11.6 Å². The summed E-state index contributed by atoms with van der Waals surface area (Å²) in [7, 11) is 0. The minimum atomic E-state index is -0.693. The lowest BCUT2D eigenvalue weighted by molar-refractivity contribution is -0.141. The Balaban J connectivity index is 2.62. The molecule has 1 unspecified atom stereocenters. The molecular weight excluding hydrogens is 397 g/mol. The van der Waals surface area contributed by atoms with Crippen molar-refractivity contribution in [3.8, 4) is 0 Å². The smallest absolute Gasteiger partial charge is 0.261 e. The molecule has 2 aromatic rings. The van der Waals surface area contributed by atoms with Crippen molar-refractivity contribution in [2.45, 2.75) is 60.0 Å². The summed E-state index contributed by atoms with van der Waals surface area (Å²) in [6.07, 6.45) is 1.82. The monoisotopic (exact) mass is 425 g/mol. The summed E-state index contributed by atoms with van der Waals surface area (Å²) in [5.41, 5.74) is -0.268. The lowest BCUT2D eigenvalue weighted by atomic mass is 9.93. The highest BCUT2D eigenvalue weighted by Gasteiger charge is 2.35. The Morgan fingerprint density at radius 3 is 2.57 bits per heavy atom. The lowest BCUT2D eigenvalue weighted by Crippen LogP contribution is -2.45. The number of alkyl halides is 1. The van der Waals surface area contributed by atoms with E-state index in [0.717, 1.165) is 12.8 Å². The fraction of sp³-hybridized carbons (Fsp3) is 0.571. The fourth-order valence-corrected chi connectivity index (χ4v) is 3.50. The second-order valence-corrected chi connectivity index (χ2v) is 8.43. The molecule has 28 heavy (non-hydrogen) atoms. The number of amides is 1. The summed E-state index contributed by atoms with van der Waals surface area (Å²) >= 11 is 12.2. The van der Waals surface area contributed by atoms with E-state index in [0.29, 0.717) is 34.8 Å². The maximum Gasteiger partial charge on any atom is 0.261 e. The van der Waals surface area contributed by atoms with Crippen LogP contribution in [0.1, 0.15) is 59.3 Å². The first-order chi connectivity index (χ1) is 13.2. The molecular formula is C21H29Cl2N3O2. The molecule has 0 bridgehead atoms. The average molecular weight is 426 g/mol. The summed E-state index contributed by atoms with van der Waals surface area (Å²) in [4.78, 5) is 32.8. The molecule has 5 nitrogen and oxygen atoms in total. The van der Waals surface area contributed by atoms with Gasteiger partial charge in [0.2, 0.25) is 5.91 Å². The third-order valence-corrected chi connectivity index (χ3v) is 5.93. The van der Waals surface area contributed by atoms with Gasteiger partial charge in [0.25, 0.3) is 5.56 Å². The summed E-state index contributed by atoms with van der Waals surface area (Å²) in [6, 6.07) is 4.72. The number of nitrogens with zero attached hydrogens (tertiary/aromatic N) is 3. The highest BCUT2D eigenvalue weighted by Crippen LogP contribution is 2.28. The van der Waals surface area contributed by atoms with Gasteiger partial charge in [-0.1, -0.05) is 24.9 Å². The summed E-state index contributed by atoms with van der Waals surface area (Å²) < 4.78 is 1.64. The molecule has 1 aromatic carbocycles. The summed E-state index contributed by atoms with van der Waals surface area (Å²) in [5, 5.41) is 1.05. The van der Waals surface area contributed by atoms with Gasteiger partial charge in [-0.3, -0.25) is 14.2 Å². The van der Waals surface area contributed by atoms with E-state index in [2.05, 4.69) is 6.92 Å². The van der Waals surface area contributed by atoms with E-state index >= 15 is 0 Å². The molecule has 0 saturated carbocycles. The normalized spacial score (nSPS) is 13.0. The van der Waals surface area contributed by atoms with Gasteiger partial charge in [0.1, 0.15) is 5.82 Å². The van der Waals surface area contributed by atoms with Gasteiger partial charge in [-0.2, -0.15) is 0 Å². The molecule has 0 saturated heterocycles. The van der Waals surface area contributed by atoms with Crippen molar-refractivity contribution < 1.29 is 4.79 Å². The van der Waals surface area contributed by atoms with Crippen LogP contribution in [0.3, 0.4) is 0 Å². The van der Waals surface area contributed by atoms with Gasteiger partial charge in [0.15, 0.2) is 0 Å². The molecule has 1 amide bonds. The number of halogens is 2. The van der Waals surface area contributed by atoms with Crippen LogP contribution in [0, 0.1) is 5.41 Å². The predicted molar refractivity (Wildman–Crippen MR) is 116 cm³/mol. The van der Waals surface area contributed by atoms with E-state index < -0.39 is 5.41 Å². The van der Waals surface area contributed by atoms with Gasteiger partial charge < -0.3 is 4.90 Å². The predicted octanol–water partition coefficient (Wildman–Crippen LogP) is 5.02. The number of carbonyl (C=O) groups excluding carboxylic acids is 1. The van der Waals surface area contributed by atoms with Crippen LogP contribution in [-0.4, -0.2) is 32.8 Å². The third kappa shape index (κ3) is 4.52. The Hall–Kier alpha value is -1.59. The van der Waals surface area contributed by atoms with Crippen molar-refractivity contribution in [2.24, 2.45) is 5.41 Å². The maximum absolute atomic E-state index is 13.2. The Kier molecular flexibility index (Phi) is 7.52. The molecule has 0 spiro atoms. The molecule has 1 aromatic heterocycles. The molecule has 1 heterocycles. The summed E-state index contributed by atoms with van der Waals surface area (Å²) in [6.45, 7) is 10.6. The van der Waals surface area contributed by atoms with Crippen LogP contribution < -0.4 is 5.56 Å². The van der Waals surface area contributed by atoms with Crippen molar-refractivity contribution in [2.75, 3.05) is 12.4 Å². The number of aromatic nitrogens is 2. The second-order valence-electron chi connectivity index (χ2n) is 7.73. The molecule has 0 N–H and O–H groups in total. The first-order valence-corrected chi connectivity index (χ1v) is 10.7. The maximum atomic E-state index is 13.2. The standard InChI is InChI=1S/C21H29Cl2N3O2/c1-6-8-11-26(20(28)21(4,5)13-22)14(3)18-24-17-12-15(23)9-10-16(17)19(27)25(18)7-2/h9-10,12,14H,6-8,11,13H2,1-5H3. The fourth-order valence-electron chi connectivity index (χ4n) is 3.22. The SMILES string of the molecule is CCCCN(C(=O)C(C)(C)CCl)C(C)c1nc2cc(Cl)ccc2c(=O)n1CC. The largest absolute Gasteiger partial charge is 0.332 e. The topological polar surface area (TPSA) is 55.2 Å². The van der Waals surface area contributed by atoms with E-state index in [1.807, 2.05) is 27.7 Å². The van der Waals surface area contributed by atoms with E-state index in [1.165, 1.54) is 0 Å². The molecule has 0 aliphatic heterocycles. The van der Waals surface area contributed by atoms with Gasteiger partial charge in [0, 0.05) is 24.0 Å². The van der Waals surface area contributed by atoms with Crippen LogP contribution >= 0.6 is 23.2 Å². The number of carbonyl (C=O) groups is 1. The molecule has 0 radical (unpaired) electrons. The Morgan fingerprint density at radius 2 is 2.00 bits per heavy atom. The zero-order chi connectivity index (χ0) is 21.1. The Bertz CT molecular complexity index is 908. The highest BCUT2D eigenvalue weighted by molar-refractivity contribution is 6.31. The number of rotatable bonds is 8. The van der Waals surface area contributed by atoms with E-state index in [1.54, 1.807) is 27.7 Å². The van der Waals surface area contributed by atoms with Crippen molar-refractivity contribution in [1.29, 1.82) is 0 Å². The molecule has 0 aliphatic rings. The number of hydrogen-bond acceptors (Lipinski definition) is 3. The Labute approximate surface area is 176 Å². The van der Waals surface area contributed by atoms with Crippen LogP contribution in [0.5, 0.6) is 0 Å². The molecule has 0 aliphatic carbocycles. The van der Waals surface area contributed by atoms with Crippen LogP contribution in [0.4, 0.5) is 0 Å². The van der Waals surface area contributed by atoms with Crippen LogP contribution in [-0.2, 0) is 11.3 Å². The number of hydrogen-bond donors (Lipinski definition) is 0. The number of unbranched alkanes of at least 4 members (excludes halogenated alkanes) is 1. The molecule has 154 valence electrons. The quantitative estimate of drug-likeness (QED) is 0.557. The lowest BCUT2D eigenvalue weighted by Gasteiger charge is -2.35. The first-order valence-electron chi connectivity index (χ1n) is 9.75. The zero-order valence-electron chi connectivity index (χ0n) is 17.3. The molecule has 2 rings (SSSR count). The zero-order valence-corrected chi connectivity index (χ0v) is 18.8. The number of fused-ring (bicyclic) bond motifs is 1. The average Bonchev–Trinajstić information content (AvgIpc) is 2.67. The molecule has 0 fully saturated rings. The Morgan fingerprint density at radius 1 is 1.32 bits per heavy atom. The van der Waals surface area contributed by atoms with E-state index in [4.69, 9.17) is 28.2 Å².